The summed E-state index contributed by atoms with van der Waals surface area (Å²) in [5.74, 6) is 0.500. The lowest BCUT2D eigenvalue weighted by Crippen LogP contribution is -2.27. The Morgan fingerprint density at radius 2 is 2.00 bits per heavy atom. The van der Waals surface area contributed by atoms with Gasteiger partial charge in [-0.3, -0.25) is 9.69 Å². The van der Waals surface area contributed by atoms with E-state index in [0.29, 0.717) is 20.7 Å². The highest BCUT2D eigenvalue weighted by Gasteiger charge is 2.34. The van der Waals surface area contributed by atoms with E-state index in [1.807, 2.05) is 60.3 Å². The van der Waals surface area contributed by atoms with E-state index in [9.17, 15) is 4.79 Å². The Balaban J connectivity index is 1.99. The molecule has 1 aromatic carbocycles. The second-order valence-corrected chi connectivity index (χ2v) is 6.41. The molecule has 6 heteroatoms. The van der Waals surface area contributed by atoms with Gasteiger partial charge in [0.25, 0.3) is 5.91 Å². The second-order valence-electron chi connectivity index (χ2n) is 4.73. The summed E-state index contributed by atoms with van der Waals surface area (Å²) in [6.07, 6.45) is 3.79. The number of aryl methyl sites for hydroxylation is 1. The van der Waals surface area contributed by atoms with Crippen molar-refractivity contribution in [3.05, 3.63) is 53.2 Å². The van der Waals surface area contributed by atoms with Gasteiger partial charge in [0, 0.05) is 18.9 Å². The molecule has 1 aromatic heterocycles. The Morgan fingerprint density at radius 1 is 1.23 bits per heavy atom. The number of aromatic nitrogens is 1. The fraction of sp³-hybridized carbons (Fsp3) is 0.125. The predicted molar refractivity (Wildman–Crippen MR) is 94.1 cm³/mol. The Morgan fingerprint density at radius 3 is 2.68 bits per heavy atom. The normalized spacial score (nSPS) is 16.6. The van der Waals surface area contributed by atoms with Gasteiger partial charge in [-0.2, -0.15) is 0 Å². The van der Waals surface area contributed by atoms with Crippen LogP contribution in [0.1, 0.15) is 5.69 Å². The fourth-order valence-electron chi connectivity index (χ4n) is 2.25. The van der Waals surface area contributed by atoms with Gasteiger partial charge in [-0.1, -0.05) is 36.1 Å². The van der Waals surface area contributed by atoms with Crippen molar-refractivity contribution in [2.45, 2.75) is 0 Å². The molecule has 0 radical (unpaired) electrons. The van der Waals surface area contributed by atoms with Crippen LogP contribution in [0.3, 0.4) is 0 Å². The van der Waals surface area contributed by atoms with E-state index in [-0.39, 0.29) is 5.91 Å². The number of thiocarbonyl (C=S) groups is 1. The Bertz CT molecular complexity index is 780. The lowest BCUT2D eigenvalue weighted by Gasteiger charge is -2.17. The highest BCUT2D eigenvalue weighted by Crippen LogP contribution is 2.39. The number of hydrogen-bond acceptors (Lipinski definition) is 4. The van der Waals surface area contributed by atoms with Crippen LogP contribution < -0.4 is 9.64 Å². The Labute approximate surface area is 138 Å². The lowest BCUT2D eigenvalue weighted by atomic mass is 10.2. The van der Waals surface area contributed by atoms with E-state index in [2.05, 4.69) is 0 Å². The Kier molecular flexibility index (Phi) is 4.04. The van der Waals surface area contributed by atoms with Gasteiger partial charge < -0.3 is 9.30 Å². The maximum absolute atomic E-state index is 12.7. The molecule has 0 spiro atoms. The third kappa shape index (κ3) is 2.55. The molecule has 0 aliphatic carbocycles. The third-order valence-corrected chi connectivity index (χ3v) is 4.68. The predicted octanol–water partition coefficient (Wildman–Crippen LogP) is 3.44. The van der Waals surface area contributed by atoms with Crippen molar-refractivity contribution in [1.29, 1.82) is 0 Å². The molecule has 2 heterocycles. The maximum atomic E-state index is 12.7. The number of nitrogens with zero attached hydrogens (tertiary/aromatic N) is 2. The molecule has 1 amide bonds. The largest absolute Gasteiger partial charge is 0.495 e. The Hall–Kier alpha value is -2.05. The van der Waals surface area contributed by atoms with Gasteiger partial charge in [-0.05, 0) is 30.3 Å². The zero-order valence-electron chi connectivity index (χ0n) is 12.1. The summed E-state index contributed by atoms with van der Waals surface area (Å²) < 4.78 is 7.79. The zero-order valence-corrected chi connectivity index (χ0v) is 13.8. The quantitative estimate of drug-likeness (QED) is 0.638. The SMILES string of the molecule is COc1ccccc1N1C(=O)/C(=C\c2cccn2C)SC1=S. The zero-order chi connectivity index (χ0) is 15.7. The van der Waals surface area contributed by atoms with Crippen LogP contribution in [0.4, 0.5) is 5.69 Å². The molecule has 4 nitrogen and oxygen atoms in total. The molecule has 1 fully saturated rings. The molecule has 1 aliphatic rings. The highest BCUT2D eigenvalue weighted by molar-refractivity contribution is 8.27. The summed E-state index contributed by atoms with van der Waals surface area (Å²) in [6, 6.07) is 11.3. The van der Waals surface area contributed by atoms with E-state index in [0.717, 1.165) is 5.69 Å². The molecule has 1 aliphatic heterocycles. The molecular weight excluding hydrogens is 316 g/mol. The smallest absolute Gasteiger partial charge is 0.270 e. The monoisotopic (exact) mass is 330 g/mol. The third-order valence-electron chi connectivity index (χ3n) is 3.38. The number of amides is 1. The number of carbonyl (C=O) groups excluding carboxylic acids is 1. The molecule has 3 rings (SSSR count). The first-order chi connectivity index (χ1) is 10.6. The average molecular weight is 330 g/mol. The van der Waals surface area contributed by atoms with Gasteiger partial charge in [0.1, 0.15) is 5.75 Å². The molecule has 2 aromatic rings. The standard InChI is InChI=1S/C16H14N2O2S2/c1-17-9-5-6-11(17)10-14-15(19)18(16(21)22-14)12-7-3-4-8-13(12)20-2/h3-10H,1-2H3/b14-10+. The van der Waals surface area contributed by atoms with Gasteiger partial charge in [-0.15, -0.1) is 0 Å². The minimum absolute atomic E-state index is 0.124. The van der Waals surface area contributed by atoms with Gasteiger partial charge in [0.05, 0.1) is 17.7 Å². The number of para-hydroxylation sites is 2. The van der Waals surface area contributed by atoms with Crippen LogP contribution in [-0.4, -0.2) is 21.9 Å². The molecule has 0 saturated carbocycles. The summed E-state index contributed by atoms with van der Waals surface area (Å²) in [4.78, 5) is 14.8. The van der Waals surface area contributed by atoms with Gasteiger partial charge in [0.15, 0.2) is 4.32 Å². The van der Waals surface area contributed by atoms with Crippen LogP contribution in [-0.2, 0) is 11.8 Å². The van der Waals surface area contributed by atoms with Crippen LogP contribution in [0, 0.1) is 0 Å². The first-order valence-electron chi connectivity index (χ1n) is 6.64. The van der Waals surface area contributed by atoms with Crippen molar-refractivity contribution >= 4 is 46.0 Å². The summed E-state index contributed by atoms with van der Waals surface area (Å²) in [5.41, 5.74) is 1.63. The summed E-state index contributed by atoms with van der Waals surface area (Å²) in [7, 11) is 3.52. The molecule has 0 bridgehead atoms. The van der Waals surface area contributed by atoms with Crippen molar-refractivity contribution in [3.8, 4) is 5.75 Å². The number of anilines is 1. The van der Waals surface area contributed by atoms with Crippen molar-refractivity contribution < 1.29 is 9.53 Å². The molecular formula is C16H14N2O2S2. The average Bonchev–Trinajstić information content (AvgIpc) is 3.04. The summed E-state index contributed by atoms with van der Waals surface area (Å²) >= 11 is 6.68. The van der Waals surface area contributed by atoms with E-state index >= 15 is 0 Å². The van der Waals surface area contributed by atoms with Crippen LogP contribution in [0.25, 0.3) is 6.08 Å². The van der Waals surface area contributed by atoms with Crippen molar-refractivity contribution in [1.82, 2.24) is 4.57 Å². The van der Waals surface area contributed by atoms with Crippen LogP contribution in [0.2, 0.25) is 0 Å². The van der Waals surface area contributed by atoms with Gasteiger partial charge in [0.2, 0.25) is 0 Å². The molecule has 0 unspecified atom stereocenters. The van der Waals surface area contributed by atoms with E-state index in [1.165, 1.54) is 16.7 Å². The number of rotatable bonds is 3. The fourth-order valence-corrected chi connectivity index (χ4v) is 3.52. The van der Waals surface area contributed by atoms with Crippen molar-refractivity contribution in [3.63, 3.8) is 0 Å². The van der Waals surface area contributed by atoms with Gasteiger partial charge in [-0.25, -0.2) is 0 Å². The molecule has 22 heavy (non-hydrogen) atoms. The first-order valence-corrected chi connectivity index (χ1v) is 7.86. The number of thioether (sulfide) groups is 1. The van der Waals surface area contributed by atoms with Crippen LogP contribution >= 0.6 is 24.0 Å². The molecule has 1 saturated heterocycles. The number of ether oxygens (including phenoxy) is 1. The highest BCUT2D eigenvalue weighted by atomic mass is 32.2. The molecule has 0 atom stereocenters. The number of methoxy groups -OCH3 is 1. The van der Waals surface area contributed by atoms with Crippen LogP contribution in [0.5, 0.6) is 5.75 Å². The minimum Gasteiger partial charge on any atom is -0.495 e. The van der Waals surface area contributed by atoms with E-state index in [4.69, 9.17) is 17.0 Å². The number of carbonyl (C=O) groups is 1. The first kappa shape index (κ1) is 14.9. The molecule has 0 N–H and O–H groups in total. The van der Waals surface area contributed by atoms with Crippen molar-refractivity contribution in [2.24, 2.45) is 7.05 Å². The van der Waals surface area contributed by atoms with E-state index < -0.39 is 0 Å². The van der Waals surface area contributed by atoms with Crippen molar-refractivity contribution in [2.75, 3.05) is 12.0 Å². The van der Waals surface area contributed by atoms with Crippen LogP contribution in [0.15, 0.2) is 47.5 Å². The number of hydrogen-bond donors (Lipinski definition) is 0. The second kappa shape index (κ2) is 5.98. The summed E-state index contributed by atoms with van der Waals surface area (Å²) in [5, 5.41) is 0. The number of benzene rings is 1. The maximum Gasteiger partial charge on any atom is 0.270 e. The van der Waals surface area contributed by atoms with E-state index in [1.54, 1.807) is 7.11 Å². The summed E-state index contributed by atoms with van der Waals surface area (Å²) in [6.45, 7) is 0. The lowest BCUT2D eigenvalue weighted by molar-refractivity contribution is -0.113. The molecule has 112 valence electrons. The minimum atomic E-state index is -0.124. The van der Waals surface area contributed by atoms with Gasteiger partial charge >= 0.3 is 0 Å². The topological polar surface area (TPSA) is 34.5 Å².